The first-order valence-electron chi connectivity index (χ1n) is 10.6. The van der Waals surface area contributed by atoms with Gasteiger partial charge < -0.3 is 19.9 Å². The maximum absolute atomic E-state index is 12.3. The highest BCUT2D eigenvalue weighted by atomic mass is 35.5. The molecule has 0 bridgehead atoms. The number of carbonyl (C=O) groups is 1. The normalized spacial score (nSPS) is 15.2. The van der Waals surface area contributed by atoms with Gasteiger partial charge in [-0.05, 0) is 63.6 Å². The van der Waals surface area contributed by atoms with E-state index in [1.807, 2.05) is 52.0 Å². The summed E-state index contributed by atoms with van der Waals surface area (Å²) in [7, 11) is 0. The molecule has 6 nitrogen and oxygen atoms in total. The molecule has 0 radical (unpaired) electrons. The molecule has 32 heavy (non-hydrogen) atoms. The van der Waals surface area contributed by atoms with Crippen LogP contribution in [0.25, 0.3) is 0 Å². The van der Waals surface area contributed by atoms with E-state index in [1.165, 1.54) is 0 Å². The molecular weight excluding hydrogens is 447 g/mol. The number of amides is 1. The summed E-state index contributed by atoms with van der Waals surface area (Å²) >= 11 is 12.4. The zero-order valence-electron chi connectivity index (χ0n) is 18.8. The lowest BCUT2D eigenvalue weighted by molar-refractivity contribution is 0.0240. The number of carbonyl (C=O) groups excluding carboxylic acids is 1. The number of nitriles is 1. The number of nitrogens with one attached hydrogen (secondary N) is 1. The third kappa shape index (κ3) is 5.99. The van der Waals surface area contributed by atoms with Crippen molar-refractivity contribution in [2.75, 3.05) is 36.4 Å². The molecule has 1 heterocycles. The Labute approximate surface area is 199 Å². The van der Waals surface area contributed by atoms with Crippen molar-refractivity contribution >= 4 is 40.7 Å². The minimum atomic E-state index is -0.508. The van der Waals surface area contributed by atoms with Gasteiger partial charge in [0, 0.05) is 41.9 Å². The van der Waals surface area contributed by atoms with Crippen LogP contribution in [0.3, 0.4) is 0 Å². The van der Waals surface area contributed by atoms with E-state index in [1.54, 1.807) is 17.0 Å². The number of ether oxygens (including phenoxy) is 1. The van der Waals surface area contributed by atoms with E-state index in [-0.39, 0.29) is 12.1 Å². The summed E-state index contributed by atoms with van der Waals surface area (Å²) in [6.45, 7) is 10.1. The third-order valence-electron chi connectivity index (χ3n) is 5.22. The average molecular weight is 475 g/mol. The topological polar surface area (TPSA) is 68.6 Å². The number of hydrogen-bond acceptors (Lipinski definition) is 5. The summed E-state index contributed by atoms with van der Waals surface area (Å²) in [4.78, 5) is 16.3. The van der Waals surface area contributed by atoms with Crippen LogP contribution in [0.1, 0.15) is 44.9 Å². The SMILES string of the molecule is CC(Nc1cc(N2CCN(C(=O)OC(C)(C)C)CC2)ccc1C#N)c1ccc(Cl)cc1Cl. The van der Waals surface area contributed by atoms with Gasteiger partial charge in [0.1, 0.15) is 11.7 Å². The van der Waals surface area contributed by atoms with Crippen molar-refractivity contribution in [2.24, 2.45) is 0 Å². The van der Waals surface area contributed by atoms with Gasteiger partial charge in [-0.3, -0.25) is 0 Å². The molecule has 0 aromatic heterocycles. The van der Waals surface area contributed by atoms with Gasteiger partial charge in [-0.2, -0.15) is 5.26 Å². The second-order valence-electron chi connectivity index (χ2n) is 8.83. The predicted molar refractivity (Wildman–Crippen MR) is 130 cm³/mol. The lowest BCUT2D eigenvalue weighted by Crippen LogP contribution is -2.50. The van der Waals surface area contributed by atoms with Gasteiger partial charge in [0.15, 0.2) is 0 Å². The Morgan fingerprint density at radius 3 is 2.41 bits per heavy atom. The van der Waals surface area contributed by atoms with E-state index in [9.17, 15) is 10.1 Å². The van der Waals surface area contributed by atoms with Gasteiger partial charge >= 0.3 is 6.09 Å². The molecule has 0 spiro atoms. The van der Waals surface area contributed by atoms with Crippen LogP contribution >= 0.6 is 23.2 Å². The number of anilines is 2. The molecular formula is C24H28Cl2N4O2. The molecule has 170 valence electrons. The van der Waals surface area contributed by atoms with Crippen LogP contribution in [0.2, 0.25) is 10.0 Å². The standard InChI is InChI=1S/C24H28Cl2N4O2/c1-16(20-8-6-18(25)13-21(20)26)28-22-14-19(7-5-17(22)15-27)29-9-11-30(12-10-29)23(31)32-24(2,3)4/h5-8,13-14,16,28H,9-12H2,1-4H3. The van der Waals surface area contributed by atoms with Crippen LogP contribution in [-0.4, -0.2) is 42.8 Å². The molecule has 1 fully saturated rings. The van der Waals surface area contributed by atoms with E-state index in [0.29, 0.717) is 41.8 Å². The van der Waals surface area contributed by atoms with Gasteiger partial charge in [0.2, 0.25) is 0 Å². The third-order valence-corrected chi connectivity index (χ3v) is 5.78. The van der Waals surface area contributed by atoms with Crippen molar-refractivity contribution in [3.05, 3.63) is 57.6 Å². The Kier molecular flexibility index (Phi) is 7.43. The molecule has 1 unspecified atom stereocenters. The number of halogens is 2. The van der Waals surface area contributed by atoms with Crippen LogP contribution in [0, 0.1) is 11.3 Å². The van der Waals surface area contributed by atoms with E-state index in [4.69, 9.17) is 27.9 Å². The Morgan fingerprint density at radius 1 is 1.12 bits per heavy atom. The molecule has 1 aliphatic heterocycles. The second kappa shape index (κ2) is 9.89. The molecule has 1 saturated heterocycles. The number of piperazine rings is 1. The van der Waals surface area contributed by atoms with E-state index >= 15 is 0 Å². The van der Waals surface area contributed by atoms with E-state index in [2.05, 4.69) is 16.3 Å². The van der Waals surface area contributed by atoms with Crippen molar-refractivity contribution in [3.63, 3.8) is 0 Å². The fourth-order valence-corrected chi connectivity index (χ4v) is 4.16. The lowest BCUT2D eigenvalue weighted by atomic mass is 10.1. The summed E-state index contributed by atoms with van der Waals surface area (Å²) in [6, 6.07) is 13.2. The second-order valence-corrected chi connectivity index (χ2v) is 9.67. The van der Waals surface area contributed by atoms with Crippen molar-refractivity contribution < 1.29 is 9.53 Å². The number of rotatable bonds is 4. The maximum atomic E-state index is 12.3. The van der Waals surface area contributed by atoms with Crippen LogP contribution in [0.15, 0.2) is 36.4 Å². The molecule has 0 saturated carbocycles. The fourth-order valence-electron chi connectivity index (χ4n) is 3.58. The summed E-state index contributed by atoms with van der Waals surface area (Å²) in [5.41, 5.74) is 2.67. The minimum absolute atomic E-state index is 0.119. The van der Waals surface area contributed by atoms with Gasteiger partial charge in [-0.1, -0.05) is 29.3 Å². The van der Waals surface area contributed by atoms with Crippen molar-refractivity contribution in [1.82, 2.24) is 4.90 Å². The van der Waals surface area contributed by atoms with E-state index in [0.717, 1.165) is 16.9 Å². The first-order chi connectivity index (χ1) is 15.1. The number of hydrogen-bond donors (Lipinski definition) is 1. The zero-order valence-corrected chi connectivity index (χ0v) is 20.3. The smallest absolute Gasteiger partial charge is 0.410 e. The monoisotopic (exact) mass is 474 g/mol. The number of benzene rings is 2. The predicted octanol–water partition coefficient (Wildman–Crippen LogP) is 6.10. The Morgan fingerprint density at radius 2 is 1.81 bits per heavy atom. The van der Waals surface area contributed by atoms with Crippen LogP contribution in [0.5, 0.6) is 0 Å². The highest BCUT2D eigenvalue weighted by Crippen LogP contribution is 2.31. The first-order valence-corrected chi connectivity index (χ1v) is 11.3. The quantitative estimate of drug-likeness (QED) is 0.579. The van der Waals surface area contributed by atoms with E-state index < -0.39 is 5.60 Å². The van der Waals surface area contributed by atoms with Gasteiger partial charge in [0.05, 0.1) is 17.3 Å². The lowest BCUT2D eigenvalue weighted by Gasteiger charge is -2.37. The Hall–Kier alpha value is -2.62. The molecule has 1 atom stereocenters. The molecule has 8 heteroatoms. The van der Waals surface area contributed by atoms with Crippen molar-refractivity contribution in [3.8, 4) is 6.07 Å². The van der Waals surface area contributed by atoms with Gasteiger partial charge in [-0.25, -0.2) is 4.79 Å². The van der Waals surface area contributed by atoms with Gasteiger partial charge in [-0.15, -0.1) is 0 Å². The molecule has 1 amide bonds. The van der Waals surface area contributed by atoms with Crippen molar-refractivity contribution in [1.29, 1.82) is 5.26 Å². The minimum Gasteiger partial charge on any atom is -0.444 e. The summed E-state index contributed by atoms with van der Waals surface area (Å²) < 4.78 is 5.47. The summed E-state index contributed by atoms with van der Waals surface area (Å²) in [5, 5.41) is 14.1. The molecule has 0 aliphatic carbocycles. The van der Waals surface area contributed by atoms with Gasteiger partial charge in [0.25, 0.3) is 0 Å². The highest BCUT2D eigenvalue weighted by Gasteiger charge is 2.26. The largest absolute Gasteiger partial charge is 0.444 e. The van der Waals surface area contributed by atoms with Crippen molar-refractivity contribution in [2.45, 2.75) is 39.3 Å². The Balaban J connectivity index is 1.71. The van der Waals surface area contributed by atoms with Crippen LogP contribution < -0.4 is 10.2 Å². The molecule has 1 aliphatic rings. The molecule has 2 aromatic rings. The zero-order chi connectivity index (χ0) is 23.5. The molecule has 3 rings (SSSR count). The molecule has 2 aromatic carbocycles. The molecule has 1 N–H and O–H groups in total. The number of nitrogens with zero attached hydrogens (tertiary/aromatic N) is 3. The summed E-state index contributed by atoms with van der Waals surface area (Å²) in [5.74, 6) is 0. The van der Waals surface area contributed by atoms with Crippen LogP contribution in [0.4, 0.5) is 16.2 Å². The summed E-state index contributed by atoms with van der Waals surface area (Å²) in [6.07, 6.45) is -0.284. The first kappa shape index (κ1) is 24.0. The van der Waals surface area contributed by atoms with Crippen LogP contribution in [-0.2, 0) is 4.74 Å². The average Bonchev–Trinajstić information content (AvgIpc) is 2.72. The maximum Gasteiger partial charge on any atom is 0.410 e. The fraction of sp³-hybridized carbons (Fsp3) is 0.417. The Bertz CT molecular complexity index is 1020. The highest BCUT2D eigenvalue weighted by molar-refractivity contribution is 6.35.